The fourth-order valence-electron chi connectivity index (χ4n) is 4.47. The van der Waals surface area contributed by atoms with Gasteiger partial charge in [0.15, 0.2) is 0 Å². The number of halogens is 1. The maximum Gasteiger partial charge on any atom is 0.300 e. The molecule has 0 radical (unpaired) electrons. The van der Waals surface area contributed by atoms with Gasteiger partial charge in [-0.05, 0) is 54.4 Å². The standard InChI is InChI=1S/C29H25FN2O4/c1-17(2)16-36-21-12-10-18(11-13-21)27(33)25-26(23-15-31-24-9-4-3-8-22(23)24)32(29(35)28(25)34)20-7-5-6-19(30)14-20/h3-15,17,26,31,33H,16H2,1-2H3/b27-25+. The molecule has 0 bridgehead atoms. The fourth-order valence-corrected chi connectivity index (χ4v) is 4.47. The monoisotopic (exact) mass is 484 g/mol. The van der Waals surface area contributed by atoms with Crippen LogP contribution in [0.3, 0.4) is 0 Å². The van der Waals surface area contributed by atoms with Gasteiger partial charge in [-0.3, -0.25) is 14.5 Å². The summed E-state index contributed by atoms with van der Waals surface area (Å²) in [5, 5.41) is 12.1. The van der Waals surface area contributed by atoms with E-state index < -0.39 is 23.5 Å². The average molecular weight is 485 g/mol. The maximum atomic E-state index is 14.1. The van der Waals surface area contributed by atoms with Gasteiger partial charge in [-0.1, -0.05) is 38.1 Å². The highest BCUT2D eigenvalue weighted by Gasteiger charge is 2.47. The Kier molecular flexibility index (Phi) is 6.06. The molecule has 5 rings (SSSR count). The van der Waals surface area contributed by atoms with Crippen molar-refractivity contribution in [3.05, 3.63) is 102 Å². The van der Waals surface area contributed by atoms with Crippen LogP contribution in [-0.4, -0.2) is 28.4 Å². The number of anilines is 1. The Morgan fingerprint density at radius 2 is 1.81 bits per heavy atom. The molecule has 0 spiro atoms. The van der Waals surface area contributed by atoms with Crippen LogP contribution < -0.4 is 9.64 Å². The van der Waals surface area contributed by atoms with E-state index in [0.29, 0.717) is 29.4 Å². The Labute approximate surface area is 207 Å². The number of aliphatic hydroxyl groups excluding tert-OH is 1. The molecule has 2 N–H and O–H groups in total. The number of ether oxygens (including phenoxy) is 1. The second-order valence-corrected chi connectivity index (χ2v) is 9.17. The second kappa shape index (κ2) is 9.34. The van der Waals surface area contributed by atoms with Gasteiger partial charge in [-0.15, -0.1) is 0 Å². The first-order valence-electron chi connectivity index (χ1n) is 11.7. The largest absolute Gasteiger partial charge is 0.507 e. The van der Waals surface area contributed by atoms with Crippen LogP contribution in [0, 0.1) is 11.7 Å². The predicted octanol–water partition coefficient (Wildman–Crippen LogP) is 5.97. The number of ketones is 1. The van der Waals surface area contributed by atoms with Gasteiger partial charge in [0.05, 0.1) is 18.2 Å². The molecule has 0 saturated carbocycles. The topological polar surface area (TPSA) is 82.6 Å². The van der Waals surface area contributed by atoms with Crippen molar-refractivity contribution < 1.29 is 23.8 Å². The quantitative estimate of drug-likeness (QED) is 0.201. The van der Waals surface area contributed by atoms with Gasteiger partial charge in [0.25, 0.3) is 11.7 Å². The number of H-pyrrole nitrogens is 1. The molecule has 1 aromatic heterocycles. The number of carbonyl (C=O) groups excluding carboxylic acids is 2. The van der Waals surface area contributed by atoms with Crippen LogP contribution in [-0.2, 0) is 9.59 Å². The van der Waals surface area contributed by atoms with E-state index in [0.717, 1.165) is 10.9 Å². The summed E-state index contributed by atoms with van der Waals surface area (Å²) in [4.78, 5) is 31.0. The molecule has 4 aromatic rings. The number of aromatic nitrogens is 1. The zero-order valence-electron chi connectivity index (χ0n) is 19.9. The van der Waals surface area contributed by atoms with Gasteiger partial charge in [0.2, 0.25) is 0 Å². The number of aliphatic hydroxyl groups is 1. The smallest absolute Gasteiger partial charge is 0.300 e. The van der Waals surface area contributed by atoms with Crippen LogP contribution in [0.25, 0.3) is 16.7 Å². The minimum Gasteiger partial charge on any atom is -0.507 e. The number of nitrogens with zero attached hydrogens (tertiary/aromatic N) is 1. The molecule has 1 amide bonds. The Morgan fingerprint density at radius 1 is 1.06 bits per heavy atom. The molecule has 7 heteroatoms. The van der Waals surface area contributed by atoms with Crippen LogP contribution in [0.2, 0.25) is 0 Å². The van der Waals surface area contributed by atoms with E-state index in [1.165, 1.54) is 23.1 Å². The zero-order chi connectivity index (χ0) is 25.4. The van der Waals surface area contributed by atoms with Gasteiger partial charge < -0.3 is 14.8 Å². The Balaban J connectivity index is 1.66. The molecular formula is C29H25FN2O4. The van der Waals surface area contributed by atoms with Crippen molar-refractivity contribution in [1.29, 1.82) is 0 Å². The number of rotatable bonds is 6. The third-order valence-corrected chi connectivity index (χ3v) is 6.16. The van der Waals surface area contributed by atoms with Gasteiger partial charge in [-0.25, -0.2) is 4.39 Å². The molecule has 1 atom stereocenters. The first-order chi connectivity index (χ1) is 17.3. The highest BCUT2D eigenvalue weighted by molar-refractivity contribution is 6.51. The van der Waals surface area contributed by atoms with Gasteiger partial charge >= 0.3 is 0 Å². The number of hydrogen-bond acceptors (Lipinski definition) is 4. The highest BCUT2D eigenvalue weighted by Crippen LogP contribution is 2.44. The second-order valence-electron chi connectivity index (χ2n) is 9.17. The van der Waals surface area contributed by atoms with Crippen molar-refractivity contribution in [3.8, 4) is 5.75 Å². The number of aromatic amines is 1. The molecule has 1 fully saturated rings. The summed E-state index contributed by atoms with van der Waals surface area (Å²) in [6.45, 7) is 4.63. The van der Waals surface area contributed by atoms with Crippen molar-refractivity contribution >= 4 is 34.0 Å². The molecule has 3 aromatic carbocycles. The van der Waals surface area contributed by atoms with Crippen molar-refractivity contribution in [2.45, 2.75) is 19.9 Å². The minimum atomic E-state index is -0.959. The molecule has 2 heterocycles. The molecule has 182 valence electrons. The first kappa shape index (κ1) is 23.4. The Bertz CT molecular complexity index is 1490. The summed E-state index contributed by atoms with van der Waals surface area (Å²) < 4.78 is 19.8. The van der Waals surface area contributed by atoms with Crippen molar-refractivity contribution in [1.82, 2.24) is 4.98 Å². The van der Waals surface area contributed by atoms with Gasteiger partial charge in [0, 0.05) is 33.9 Å². The minimum absolute atomic E-state index is 0.0649. The lowest BCUT2D eigenvalue weighted by Crippen LogP contribution is -2.29. The third-order valence-electron chi connectivity index (χ3n) is 6.16. The van der Waals surface area contributed by atoms with Crippen LogP contribution >= 0.6 is 0 Å². The molecular weight excluding hydrogens is 459 g/mol. The van der Waals surface area contributed by atoms with Crippen molar-refractivity contribution in [2.75, 3.05) is 11.5 Å². The molecule has 1 aliphatic heterocycles. The number of amides is 1. The molecule has 0 aliphatic carbocycles. The first-order valence-corrected chi connectivity index (χ1v) is 11.7. The molecule has 6 nitrogen and oxygen atoms in total. The summed E-state index contributed by atoms with van der Waals surface area (Å²) >= 11 is 0. The number of hydrogen-bond donors (Lipinski definition) is 2. The highest BCUT2D eigenvalue weighted by atomic mass is 19.1. The van der Waals surface area contributed by atoms with Crippen LogP contribution in [0.1, 0.15) is 31.0 Å². The van der Waals surface area contributed by atoms with Crippen LogP contribution in [0.15, 0.2) is 84.6 Å². The van der Waals surface area contributed by atoms with Crippen LogP contribution in [0.5, 0.6) is 5.75 Å². The van der Waals surface area contributed by atoms with E-state index in [1.807, 2.05) is 38.1 Å². The predicted molar refractivity (Wildman–Crippen MR) is 136 cm³/mol. The Hall–Kier alpha value is -4.39. The van der Waals surface area contributed by atoms with E-state index in [-0.39, 0.29) is 17.0 Å². The molecule has 1 aliphatic rings. The summed E-state index contributed by atoms with van der Waals surface area (Å²) in [6.07, 6.45) is 1.71. The van der Waals surface area contributed by atoms with Gasteiger partial charge in [0.1, 0.15) is 17.3 Å². The molecule has 1 unspecified atom stereocenters. The number of Topliss-reactive ketones (excluding diaryl/α,β-unsaturated/α-hetero) is 1. The van der Waals surface area contributed by atoms with E-state index in [9.17, 15) is 19.1 Å². The number of para-hydroxylation sites is 1. The SMILES string of the molecule is CC(C)COc1ccc(/C(O)=C2\C(=O)C(=O)N(c3cccc(F)c3)C2c2c[nH]c3ccccc23)cc1. The van der Waals surface area contributed by atoms with Crippen molar-refractivity contribution in [2.24, 2.45) is 5.92 Å². The lowest BCUT2D eigenvalue weighted by Gasteiger charge is -2.25. The van der Waals surface area contributed by atoms with Crippen molar-refractivity contribution in [3.63, 3.8) is 0 Å². The zero-order valence-corrected chi connectivity index (χ0v) is 19.9. The number of benzene rings is 3. The number of carbonyl (C=O) groups is 2. The van der Waals surface area contributed by atoms with Gasteiger partial charge in [-0.2, -0.15) is 0 Å². The lowest BCUT2D eigenvalue weighted by atomic mass is 9.94. The molecule has 1 saturated heterocycles. The maximum absolute atomic E-state index is 14.1. The summed E-state index contributed by atoms with van der Waals surface area (Å²) in [5.41, 5.74) is 1.96. The van der Waals surface area contributed by atoms with E-state index in [4.69, 9.17) is 4.74 Å². The third kappa shape index (κ3) is 4.13. The van der Waals surface area contributed by atoms with Crippen LogP contribution in [0.4, 0.5) is 10.1 Å². The van der Waals surface area contributed by atoms with E-state index >= 15 is 0 Å². The fraction of sp³-hybridized carbons (Fsp3) is 0.172. The van der Waals surface area contributed by atoms with E-state index in [2.05, 4.69) is 4.98 Å². The molecule has 36 heavy (non-hydrogen) atoms. The normalized spacial score (nSPS) is 17.3. The summed E-state index contributed by atoms with van der Waals surface area (Å²) in [7, 11) is 0. The summed E-state index contributed by atoms with van der Waals surface area (Å²) in [5.74, 6) is -1.54. The Morgan fingerprint density at radius 3 is 2.53 bits per heavy atom. The number of fused-ring (bicyclic) bond motifs is 1. The van der Waals surface area contributed by atoms with E-state index in [1.54, 1.807) is 36.5 Å². The summed E-state index contributed by atoms with van der Waals surface area (Å²) in [6, 6.07) is 18.7. The lowest BCUT2D eigenvalue weighted by molar-refractivity contribution is -0.132. The number of nitrogens with one attached hydrogen (secondary N) is 1. The average Bonchev–Trinajstić information content (AvgIpc) is 3.41.